The number of rotatable bonds is 2. The van der Waals surface area contributed by atoms with Gasteiger partial charge >= 0.3 is 0 Å². The fourth-order valence-corrected chi connectivity index (χ4v) is 2.39. The third kappa shape index (κ3) is 1.59. The van der Waals surface area contributed by atoms with Crippen LogP contribution < -0.4 is 5.73 Å². The van der Waals surface area contributed by atoms with E-state index < -0.39 is 0 Å². The van der Waals surface area contributed by atoms with Crippen molar-refractivity contribution in [3.63, 3.8) is 0 Å². The van der Waals surface area contributed by atoms with Gasteiger partial charge in [0.05, 0.1) is 10.2 Å². The molecule has 5 heteroatoms. The molecule has 0 aliphatic heterocycles. The van der Waals surface area contributed by atoms with Crippen LogP contribution in [0.25, 0.3) is 22.2 Å². The van der Waals surface area contributed by atoms with Crippen molar-refractivity contribution in [2.24, 2.45) is 5.73 Å². The number of benzene rings is 1. The van der Waals surface area contributed by atoms with Gasteiger partial charge in [-0.05, 0) is 22.0 Å². The predicted molar refractivity (Wildman–Crippen MR) is 69.4 cm³/mol. The van der Waals surface area contributed by atoms with E-state index >= 15 is 0 Å². The van der Waals surface area contributed by atoms with Gasteiger partial charge < -0.3 is 10.2 Å². The second-order valence-corrected chi connectivity index (χ2v) is 4.51. The minimum absolute atomic E-state index is 0.420. The van der Waals surface area contributed by atoms with E-state index in [2.05, 4.69) is 26.1 Å². The summed E-state index contributed by atoms with van der Waals surface area (Å²) in [7, 11) is 0. The molecule has 17 heavy (non-hydrogen) atoms. The topological polar surface area (TPSA) is 67.8 Å². The van der Waals surface area contributed by atoms with Gasteiger partial charge in [0.25, 0.3) is 0 Å². The Labute approximate surface area is 106 Å². The standard InChI is InChI=1S/C12H10BrN3O/c13-11-9(5-14)15-16-12(11)8-6-17-10-4-2-1-3-7(8)10/h1-4,6H,5,14H2,(H,15,16). The normalized spacial score (nSPS) is 11.2. The first kappa shape index (κ1) is 10.6. The van der Waals surface area contributed by atoms with E-state index in [1.807, 2.05) is 24.3 Å². The van der Waals surface area contributed by atoms with Gasteiger partial charge in [-0.15, -0.1) is 0 Å². The maximum Gasteiger partial charge on any atom is 0.134 e. The van der Waals surface area contributed by atoms with E-state index in [0.29, 0.717) is 6.54 Å². The van der Waals surface area contributed by atoms with Crippen molar-refractivity contribution in [1.29, 1.82) is 0 Å². The molecule has 0 atom stereocenters. The Hall–Kier alpha value is -1.59. The number of nitrogens with two attached hydrogens (primary N) is 1. The first-order valence-corrected chi connectivity index (χ1v) is 6.00. The molecule has 0 saturated carbocycles. The van der Waals surface area contributed by atoms with Crippen LogP contribution in [0.3, 0.4) is 0 Å². The maximum absolute atomic E-state index is 5.61. The second kappa shape index (κ2) is 4.01. The van der Waals surface area contributed by atoms with Crippen molar-refractivity contribution in [3.05, 3.63) is 40.7 Å². The van der Waals surface area contributed by atoms with Crippen molar-refractivity contribution in [2.75, 3.05) is 0 Å². The van der Waals surface area contributed by atoms with E-state index in [0.717, 1.165) is 32.4 Å². The molecule has 1 aromatic carbocycles. The number of halogens is 1. The molecule has 0 radical (unpaired) electrons. The summed E-state index contributed by atoms with van der Waals surface area (Å²) in [5, 5.41) is 8.23. The van der Waals surface area contributed by atoms with Crippen LogP contribution >= 0.6 is 15.9 Å². The Morgan fingerprint density at radius 2 is 2.18 bits per heavy atom. The van der Waals surface area contributed by atoms with Gasteiger partial charge in [0.2, 0.25) is 0 Å². The first-order chi connectivity index (χ1) is 8.31. The van der Waals surface area contributed by atoms with Crippen LogP contribution in [-0.4, -0.2) is 10.2 Å². The van der Waals surface area contributed by atoms with Crippen LogP contribution in [0.5, 0.6) is 0 Å². The van der Waals surface area contributed by atoms with E-state index in [4.69, 9.17) is 10.2 Å². The van der Waals surface area contributed by atoms with Gasteiger partial charge in [-0.3, -0.25) is 5.10 Å². The number of aromatic nitrogens is 2. The third-order valence-corrected chi connectivity index (χ3v) is 3.57. The predicted octanol–water partition coefficient (Wildman–Crippen LogP) is 3.04. The average Bonchev–Trinajstić information content (AvgIpc) is 2.92. The van der Waals surface area contributed by atoms with Crippen LogP contribution in [0.1, 0.15) is 5.69 Å². The van der Waals surface area contributed by atoms with E-state index in [1.54, 1.807) is 6.26 Å². The van der Waals surface area contributed by atoms with Crippen molar-refractivity contribution < 1.29 is 4.42 Å². The highest BCUT2D eigenvalue weighted by Gasteiger charge is 2.15. The number of hydrogen-bond donors (Lipinski definition) is 2. The van der Waals surface area contributed by atoms with Crippen LogP contribution in [-0.2, 0) is 6.54 Å². The number of furan rings is 1. The summed E-state index contributed by atoms with van der Waals surface area (Å²) in [5.74, 6) is 0. The first-order valence-electron chi connectivity index (χ1n) is 5.20. The molecule has 0 fully saturated rings. The Balaban J connectivity index is 2.24. The molecule has 4 nitrogen and oxygen atoms in total. The monoisotopic (exact) mass is 291 g/mol. The Kier molecular flexibility index (Phi) is 2.49. The van der Waals surface area contributed by atoms with E-state index in [-0.39, 0.29) is 0 Å². The SMILES string of the molecule is NCc1[nH]nc(-c2coc3ccccc23)c1Br. The Bertz CT molecular complexity index is 671. The molecule has 0 unspecified atom stereocenters. The molecule has 2 aromatic heterocycles. The molecule has 0 bridgehead atoms. The fourth-order valence-electron chi connectivity index (χ4n) is 1.84. The second-order valence-electron chi connectivity index (χ2n) is 3.71. The maximum atomic E-state index is 5.61. The summed E-state index contributed by atoms with van der Waals surface area (Å²) < 4.78 is 6.39. The van der Waals surface area contributed by atoms with Crippen molar-refractivity contribution in [2.45, 2.75) is 6.54 Å². The van der Waals surface area contributed by atoms with Gasteiger partial charge in [-0.25, -0.2) is 0 Å². The van der Waals surface area contributed by atoms with Crippen LogP contribution in [0.15, 0.2) is 39.4 Å². The number of nitrogens with zero attached hydrogens (tertiary/aromatic N) is 1. The molecule has 3 N–H and O–H groups in total. The molecule has 3 rings (SSSR count). The molecule has 0 spiro atoms. The summed E-state index contributed by atoms with van der Waals surface area (Å²) in [4.78, 5) is 0. The third-order valence-electron chi connectivity index (χ3n) is 2.72. The summed E-state index contributed by atoms with van der Waals surface area (Å²) in [6.45, 7) is 0.420. The van der Waals surface area contributed by atoms with Gasteiger partial charge in [0, 0.05) is 17.5 Å². The highest BCUT2D eigenvalue weighted by atomic mass is 79.9. The molecule has 0 saturated heterocycles. The minimum atomic E-state index is 0.420. The minimum Gasteiger partial charge on any atom is -0.464 e. The quantitative estimate of drug-likeness (QED) is 0.762. The van der Waals surface area contributed by atoms with Crippen molar-refractivity contribution in [1.82, 2.24) is 10.2 Å². The number of nitrogens with one attached hydrogen (secondary N) is 1. The van der Waals surface area contributed by atoms with Gasteiger partial charge in [-0.1, -0.05) is 18.2 Å². The number of H-pyrrole nitrogens is 1. The van der Waals surface area contributed by atoms with Crippen LogP contribution in [0, 0.1) is 0 Å². The molecule has 86 valence electrons. The summed E-state index contributed by atoms with van der Waals surface area (Å²) >= 11 is 3.50. The highest BCUT2D eigenvalue weighted by Crippen LogP contribution is 2.34. The summed E-state index contributed by atoms with van der Waals surface area (Å²) in [6.07, 6.45) is 1.71. The number of aromatic amines is 1. The van der Waals surface area contributed by atoms with Gasteiger partial charge in [0.1, 0.15) is 17.5 Å². The van der Waals surface area contributed by atoms with Crippen molar-refractivity contribution >= 4 is 26.9 Å². The summed E-state index contributed by atoms with van der Waals surface area (Å²) in [5.41, 5.74) is 9.13. The van der Waals surface area contributed by atoms with Gasteiger partial charge in [0.15, 0.2) is 0 Å². The number of para-hydroxylation sites is 1. The smallest absolute Gasteiger partial charge is 0.134 e. The van der Waals surface area contributed by atoms with Crippen LogP contribution in [0.2, 0.25) is 0 Å². The zero-order valence-electron chi connectivity index (χ0n) is 8.90. The zero-order chi connectivity index (χ0) is 11.8. The molecule has 0 aliphatic carbocycles. The lowest BCUT2D eigenvalue weighted by Gasteiger charge is -1.94. The number of hydrogen-bond acceptors (Lipinski definition) is 3. The lowest BCUT2D eigenvalue weighted by Crippen LogP contribution is -1.96. The highest BCUT2D eigenvalue weighted by molar-refractivity contribution is 9.10. The fraction of sp³-hybridized carbons (Fsp3) is 0.0833. The van der Waals surface area contributed by atoms with Gasteiger partial charge in [-0.2, -0.15) is 5.10 Å². The van der Waals surface area contributed by atoms with Crippen molar-refractivity contribution in [3.8, 4) is 11.3 Å². The Morgan fingerprint density at radius 1 is 1.35 bits per heavy atom. The lowest BCUT2D eigenvalue weighted by atomic mass is 10.1. The van der Waals surface area contributed by atoms with E-state index in [9.17, 15) is 0 Å². The molecular formula is C12H10BrN3O. The zero-order valence-corrected chi connectivity index (χ0v) is 10.5. The van der Waals surface area contributed by atoms with Crippen LogP contribution in [0.4, 0.5) is 0 Å². The Morgan fingerprint density at radius 3 is 2.94 bits per heavy atom. The number of fused-ring (bicyclic) bond motifs is 1. The molecule has 2 heterocycles. The average molecular weight is 292 g/mol. The molecular weight excluding hydrogens is 282 g/mol. The summed E-state index contributed by atoms with van der Waals surface area (Å²) in [6, 6.07) is 7.87. The molecule has 0 aliphatic rings. The molecule has 3 aromatic rings. The van der Waals surface area contributed by atoms with E-state index in [1.165, 1.54) is 0 Å². The largest absolute Gasteiger partial charge is 0.464 e. The lowest BCUT2D eigenvalue weighted by molar-refractivity contribution is 0.616. The molecule has 0 amide bonds.